The minimum absolute atomic E-state index is 0. The van der Waals surface area contributed by atoms with Gasteiger partial charge in [-0.2, -0.15) is 0 Å². The highest BCUT2D eigenvalue weighted by atomic mass is 35.5. The summed E-state index contributed by atoms with van der Waals surface area (Å²) in [5.41, 5.74) is 2.36. The van der Waals surface area contributed by atoms with Crippen LogP contribution in [0, 0.1) is 11.8 Å². The topological polar surface area (TPSA) is 81.8 Å². The van der Waals surface area contributed by atoms with Crippen molar-refractivity contribution < 1.29 is 14.4 Å². The number of fused-ring (bicyclic) bond motifs is 1. The van der Waals surface area contributed by atoms with E-state index in [0.29, 0.717) is 23.6 Å². The zero-order valence-electron chi connectivity index (χ0n) is 19.2. The van der Waals surface area contributed by atoms with E-state index >= 15 is 0 Å². The molecule has 4 aliphatic heterocycles. The number of nitrogens with zero attached hydrogens (tertiary/aromatic N) is 2. The monoisotopic (exact) mass is 530 g/mol. The zero-order valence-corrected chi connectivity index (χ0v) is 21.6. The van der Waals surface area contributed by atoms with Crippen molar-refractivity contribution in [2.24, 2.45) is 11.8 Å². The lowest BCUT2D eigenvalue weighted by molar-refractivity contribution is -0.136. The highest BCUT2D eigenvalue weighted by molar-refractivity contribution is 6.35. The maximum atomic E-state index is 13.0. The first-order valence-corrected chi connectivity index (χ1v) is 12.3. The lowest BCUT2D eigenvalue weighted by Gasteiger charge is -2.36. The summed E-state index contributed by atoms with van der Waals surface area (Å²) in [7, 11) is 0. The van der Waals surface area contributed by atoms with Gasteiger partial charge in [-0.3, -0.25) is 19.7 Å². The largest absolute Gasteiger partial charge is 0.370 e. The number of carbonyl (C=O) groups excluding carboxylic acids is 3. The summed E-state index contributed by atoms with van der Waals surface area (Å²) in [4.78, 5) is 40.7. The Morgan fingerprint density at radius 1 is 0.941 bits per heavy atom. The van der Waals surface area contributed by atoms with Crippen LogP contribution in [0.15, 0.2) is 12.1 Å². The molecule has 1 atom stereocenters. The van der Waals surface area contributed by atoms with E-state index in [1.807, 2.05) is 12.1 Å². The molecule has 0 aromatic heterocycles. The van der Waals surface area contributed by atoms with Crippen molar-refractivity contribution in [3.8, 4) is 0 Å². The van der Waals surface area contributed by atoms with Crippen LogP contribution in [0.1, 0.15) is 60.9 Å². The SMILES string of the molecule is Cl.Cl.O=C1CC[C@H](N2Cc3c(ccc(N4CCC(CC5CCNCC5)CC4)c3Cl)C2=O)C(=O)N1. The van der Waals surface area contributed by atoms with Gasteiger partial charge in [-0.25, -0.2) is 0 Å². The molecule has 0 unspecified atom stereocenters. The Labute approximate surface area is 218 Å². The molecular formula is C24H33Cl3N4O3. The van der Waals surface area contributed by atoms with Crippen LogP contribution in [-0.4, -0.2) is 54.8 Å². The molecule has 4 heterocycles. The molecule has 3 amide bonds. The highest BCUT2D eigenvalue weighted by Crippen LogP contribution is 2.39. The van der Waals surface area contributed by atoms with Crippen molar-refractivity contribution in [1.82, 2.24) is 15.5 Å². The predicted molar refractivity (Wildman–Crippen MR) is 137 cm³/mol. The van der Waals surface area contributed by atoms with Gasteiger partial charge in [0.15, 0.2) is 0 Å². The van der Waals surface area contributed by atoms with Crippen LogP contribution in [0.2, 0.25) is 5.02 Å². The molecule has 10 heteroatoms. The van der Waals surface area contributed by atoms with E-state index in [9.17, 15) is 14.4 Å². The number of nitrogens with one attached hydrogen (secondary N) is 2. The summed E-state index contributed by atoms with van der Waals surface area (Å²) in [6, 6.07) is 3.20. The van der Waals surface area contributed by atoms with Crippen molar-refractivity contribution in [3.05, 3.63) is 28.3 Å². The molecule has 0 radical (unpaired) electrons. The van der Waals surface area contributed by atoms with Crippen LogP contribution in [0.3, 0.4) is 0 Å². The molecule has 7 nitrogen and oxygen atoms in total. The van der Waals surface area contributed by atoms with Gasteiger partial charge in [0.25, 0.3) is 5.91 Å². The molecule has 1 aromatic rings. The van der Waals surface area contributed by atoms with Crippen LogP contribution in [0.4, 0.5) is 5.69 Å². The summed E-state index contributed by atoms with van der Waals surface area (Å²) in [6.45, 7) is 4.60. The van der Waals surface area contributed by atoms with E-state index in [1.165, 1.54) is 32.1 Å². The maximum absolute atomic E-state index is 13.0. The number of hydrogen-bond donors (Lipinski definition) is 2. The molecule has 34 heavy (non-hydrogen) atoms. The maximum Gasteiger partial charge on any atom is 0.255 e. The van der Waals surface area contributed by atoms with E-state index in [4.69, 9.17) is 11.6 Å². The van der Waals surface area contributed by atoms with Gasteiger partial charge in [-0.05, 0) is 75.6 Å². The van der Waals surface area contributed by atoms with E-state index in [2.05, 4.69) is 15.5 Å². The van der Waals surface area contributed by atoms with Crippen molar-refractivity contribution in [2.45, 2.75) is 57.5 Å². The summed E-state index contributed by atoms with van der Waals surface area (Å²) in [5.74, 6) is 0.797. The Morgan fingerprint density at radius 2 is 1.62 bits per heavy atom. The molecule has 2 N–H and O–H groups in total. The van der Waals surface area contributed by atoms with Crippen LogP contribution in [0.5, 0.6) is 0 Å². The first-order valence-electron chi connectivity index (χ1n) is 11.9. The first-order chi connectivity index (χ1) is 15.5. The molecular weight excluding hydrogens is 499 g/mol. The number of imide groups is 1. The smallest absolute Gasteiger partial charge is 0.255 e. The Hall–Kier alpha value is -1.54. The molecule has 1 aromatic carbocycles. The Balaban J connectivity index is 0.00000162. The average Bonchev–Trinajstić information content (AvgIpc) is 3.13. The molecule has 0 spiro atoms. The van der Waals surface area contributed by atoms with Crippen LogP contribution < -0.4 is 15.5 Å². The van der Waals surface area contributed by atoms with Crippen molar-refractivity contribution >= 4 is 59.8 Å². The average molecular weight is 532 g/mol. The second-order valence-corrected chi connectivity index (χ2v) is 10.1. The number of carbonyl (C=O) groups is 3. The molecule has 188 valence electrons. The number of hydrogen-bond acceptors (Lipinski definition) is 5. The molecule has 3 saturated heterocycles. The Kier molecular flexibility index (Phi) is 9.12. The van der Waals surface area contributed by atoms with Gasteiger partial charge in [0.05, 0.1) is 10.7 Å². The van der Waals surface area contributed by atoms with Crippen LogP contribution in [-0.2, 0) is 16.1 Å². The van der Waals surface area contributed by atoms with E-state index < -0.39 is 11.9 Å². The molecule has 4 aliphatic rings. The van der Waals surface area contributed by atoms with Crippen LogP contribution in [0.25, 0.3) is 0 Å². The second-order valence-electron chi connectivity index (χ2n) is 9.68. The van der Waals surface area contributed by atoms with E-state index in [0.717, 1.165) is 49.3 Å². The highest BCUT2D eigenvalue weighted by Gasteiger charge is 2.40. The minimum atomic E-state index is -0.613. The molecule has 0 aliphatic carbocycles. The van der Waals surface area contributed by atoms with Gasteiger partial charge in [-0.1, -0.05) is 11.6 Å². The Bertz CT molecular complexity index is 930. The van der Waals surface area contributed by atoms with E-state index in [1.54, 1.807) is 4.90 Å². The molecule has 3 fully saturated rings. The third-order valence-corrected chi connectivity index (χ3v) is 8.13. The molecule has 5 rings (SSSR count). The number of halogens is 3. The molecule has 0 saturated carbocycles. The summed E-state index contributed by atoms with van der Waals surface area (Å²) in [5, 5.41) is 6.43. The van der Waals surface area contributed by atoms with Crippen LogP contribution >= 0.6 is 36.4 Å². The fraction of sp³-hybridized carbons (Fsp3) is 0.625. The van der Waals surface area contributed by atoms with Gasteiger partial charge in [0.2, 0.25) is 11.8 Å². The van der Waals surface area contributed by atoms with Crippen molar-refractivity contribution in [1.29, 1.82) is 0 Å². The first kappa shape index (κ1) is 27.1. The quantitative estimate of drug-likeness (QED) is 0.581. The summed E-state index contributed by atoms with van der Waals surface area (Å²) < 4.78 is 0. The normalized spacial score (nSPS) is 23.8. The predicted octanol–water partition coefficient (Wildman–Crippen LogP) is 3.55. The minimum Gasteiger partial charge on any atom is -0.370 e. The second kappa shape index (κ2) is 11.5. The third kappa shape index (κ3) is 5.32. The number of benzene rings is 1. The summed E-state index contributed by atoms with van der Waals surface area (Å²) >= 11 is 6.83. The van der Waals surface area contributed by atoms with Gasteiger partial charge < -0.3 is 15.1 Å². The number of rotatable bonds is 4. The van der Waals surface area contributed by atoms with Gasteiger partial charge in [-0.15, -0.1) is 24.8 Å². The van der Waals surface area contributed by atoms with Crippen molar-refractivity contribution in [2.75, 3.05) is 31.1 Å². The number of piperidine rings is 3. The zero-order chi connectivity index (χ0) is 22.2. The molecule has 0 bridgehead atoms. The van der Waals surface area contributed by atoms with Crippen molar-refractivity contribution in [3.63, 3.8) is 0 Å². The standard InChI is InChI=1S/C24H31ClN4O3.2ClH/c25-22-18-14-29(20-3-4-21(30)27-23(20)31)24(32)17(18)1-2-19(22)28-11-7-16(8-12-28)13-15-5-9-26-10-6-15;;/h1-2,15-16,20,26H,3-14H2,(H,27,30,31);2*1H/t20-;;/m0../s1. The fourth-order valence-electron chi connectivity index (χ4n) is 5.83. The Morgan fingerprint density at radius 3 is 2.29 bits per heavy atom. The lowest BCUT2D eigenvalue weighted by atomic mass is 9.83. The third-order valence-electron chi connectivity index (χ3n) is 7.71. The fourth-order valence-corrected chi connectivity index (χ4v) is 6.18. The van der Waals surface area contributed by atoms with Gasteiger partial charge >= 0.3 is 0 Å². The number of amides is 3. The summed E-state index contributed by atoms with van der Waals surface area (Å²) in [6.07, 6.45) is 6.91. The van der Waals surface area contributed by atoms with Gasteiger partial charge in [0.1, 0.15) is 6.04 Å². The van der Waals surface area contributed by atoms with Gasteiger partial charge in [0, 0.05) is 37.2 Å². The number of anilines is 1. The lowest BCUT2D eigenvalue weighted by Crippen LogP contribution is -2.52. The van der Waals surface area contributed by atoms with E-state index in [-0.39, 0.29) is 43.0 Å².